The smallest absolute Gasteiger partial charge is 0.0726 e. The molecule has 3 rings (SSSR count). The molecule has 1 saturated heterocycles. The van der Waals surface area contributed by atoms with E-state index in [9.17, 15) is 0 Å². The van der Waals surface area contributed by atoms with Crippen LogP contribution in [0.4, 0.5) is 5.69 Å². The van der Waals surface area contributed by atoms with E-state index in [1.807, 2.05) is 6.07 Å². The average molecular weight is 291 g/mol. The Labute approximate surface area is 124 Å². The largest absolute Gasteiger partial charge is 0.377 e. The van der Waals surface area contributed by atoms with E-state index in [-0.39, 0.29) is 0 Å². The van der Waals surface area contributed by atoms with Crippen molar-refractivity contribution in [1.29, 1.82) is 0 Å². The summed E-state index contributed by atoms with van der Waals surface area (Å²) in [7, 11) is 0. The molecule has 0 radical (unpaired) electrons. The van der Waals surface area contributed by atoms with Crippen LogP contribution in [0.1, 0.15) is 19.0 Å². The van der Waals surface area contributed by atoms with Gasteiger partial charge in [0.2, 0.25) is 0 Å². The van der Waals surface area contributed by atoms with Crippen LogP contribution < -0.4 is 4.90 Å². The van der Waals surface area contributed by atoms with Crippen LogP contribution in [-0.4, -0.2) is 30.8 Å². The standard InChI is InChI=1S/C16H19ClN2O/c1-2-13-11-20-8-7-19(13)16-9-12(10-17)18-15-6-4-3-5-14(15)16/h3-6,9,13H,2,7-8,10-11H2,1H3. The summed E-state index contributed by atoms with van der Waals surface area (Å²) < 4.78 is 5.61. The summed E-state index contributed by atoms with van der Waals surface area (Å²) >= 11 is 6.00. The lowest BCUT2D eigenvalue weighted by Gasteiger charge is -2.37. The van der Waals surface area contributed by atoms with E-state index in [2.05, 4.69) is 41.1 Å². The normalized spacial score (nSPS) is 19.5. The highest BCUT2D eigenvalue weighted by molar-refractivity contribution is 6.17. The number of alkyl halides is 1. The summed E-state index contributed by atoms with van der Waals surface area (Å²) in [5.74, 6) is 0.443. The van der Waals surface area contributed by atoms with E-state index in [4.69, 9.17) is 16.3 Å². The minimum atomic E-state index is 0.428. The molecule has 0 aliphatic carbocycles. The molecule has 0 amide bonds. The molecule has 0 saturated carbocycles. The lowest BCUT2D eigenvalue weighted by molar-refractivity contribution is 0.0931. The van der Waals surface area contributed by atoms with Crippen LogP contribution >= 0.6 is 11.6 Å². The number of fused-ring (bicyclic) bond motifs is 1. The number of para-hydroxylation sites is 1. The molecule has 2 heterocycles. The molecule has 2 aromatic rings. The molecule has 1 aliphatic heterocycles. The summed E-state index contributed by atoms with van der Waals surface area (Å²) in [6, 6.07) is 10.8. The lowest BCUT2D eigenvalue weighted by atomic mass is 10.1. The summed E-state index contributed by atoms with van der Waals surface area (Å²) in [6.07, 6.45) is 1.08. The van der Waals surface area contributed by atoms with E-state index in [1.54, 1.807) is 0 Å². The number of rotatable bonds is 3. The minimum Gasteiger partial charge on any atom is -0.377 e. The number of morpholine rings is 1. The van der Waals surface area contributed by atoms with Gasteiger partial charge in [0.05, 0.1) is 36.3 Å². The number of halogens is 1. The van der Waals surface area contributed by atoms with Gasteiger partial charge in [-0.3, -0.25) is 4.98 Å². The van der Waals surface area contributed by atoms with Gasteiger partial charge in [-0.05, 0) is 18.6 Å². The second-order valence-electron chi connectivity index (χ2n) is 5.11. The summed E-state index contributed by atoms with van der Waals surface area (Å²) in [5.41, 5.74) is 3.19. The topological polar surface area (TPSA) is 25.4 Å². The van der Waals surface area contributed by atoms with Crippen LogP contribution in [0, 0.1) is 0 Å². The molecule has 1 unspecified atom stereocenters. The van der Waals surface area contributed by atoms with Crippen molar-refractivity contribution < 1.29 is 4.74 Å². The quantitative estimate of drug-likeness (QED) is 0.808. The first-order chi connectivity index (χ1) is 9.83. The molecule has 20 heavy (non-hydrogen) atoms. The molecule has 1 aromatic heterocycles. The number of ether oxygens (including phenoxy) is 1. The van der Waals surface area contributed by atoms with Crippen molar-refractivity contribution in [2.45, 2.75) is 25.3 Å². The van der Waals surface area contributed by atoms with Gasteiger partial charge in [0, 0.05) is 17.6 Å². The Balaban J connectivity index is 2.13. The third-order valence-corrected chi connectivity index (χ3v) is 4.17. The number of pyridine rings is 1. The first kappa shape index (κ1) is 13.7. The lowest BCUT2D eigenvalue weighted by Crippen LogP contribution is -2.45. The molecule has 4 heteroatoms. The maximum Gasteiger partial charge on any atom is 0.0726 e. The fraction of sp³-hybridized carbons (Fsp3) is 0.438. The monoisotopic (exact) mass is 290 g/mol. The van der Waals surface area contributed by atoms with Gasteiger partial charge >= 0.3 is 0 Å². The first-order valence-electron chi connectivity index (χ1n) is 7.12. The molecule has 0 bridgehead atoms. The average Bonchev–Trinajstić information content (AvgIpc) is 2.53. The number of anilines is 1. The second-order valence-corrected chi connectivity index (χ2v) is 5.38. The Bertz CT molecular complexity index is 602. The predicted molar refractivity (Wildman–Crippen MR) is 83.5 cm³/mol. The zero-order valence-electron chi connectivity index (χ0n) is 11.7. The highest BCUT2D eigenvalue weighted by Crippen LogP contribution is 2.30. The molecule has 1 atom stereocenters. The molecular weight excluding hydrogens is 272 g/mol. The van der Waals surface area contributed by atoms with Crippen LogP contribution in [0.25, 0.3) is 10.9 Å². The fourth-order valence-electron chi connectivity index (χ4n) is 2.83. The van der Waals surface area contributed by atoms with Crippen molar-refractivity contribution >= 4 is 28.2 Å². The SMILES string of the molecule is CCC1COCCN1c1cc(CCl)nc2ccccc12. The van der Waals surface area contributed by atoms with Crippen molar-refractivity contribution in [2.75, 3.05) is 24.7 Å². The maximum atomic E-state index is 6.00. The van der Waals surface area contributed by atoms with Gasteiger partial charge in [0.1, 0.15) is 0 Å². The Morgan fingerprint density at radius 2 is 2.25 bits per heavy atom. The van der Waals surface area contributed by atoms with Crippen molar-refractivity contribution in [2.24, 2.45) is 0 Å². The molecule has 1 aliphatic rings. The molecular formula is C16H19ClN2O. The van der Waals surface area contributed by atoms with Crippen molar-refractivity contribution in [3.63, 3.8) is 0 Å². The Morgan fingerprint density at radius 3 is 3.05 bits per heavy atom. The number of nitrogens with zero attached hydrogens (tertiary/aromatic N) is 2. The molecule has 3 nitrogen and oxygen atoms in total. The van der Waals surface area contributed by atoms with Crippen LogP contribution in [0.2, 0.25) is 0 Å². The van der Waals surface area contributed by atoms with Crippen molar-refractivity contribution in [1.82, 2.24) is 4.98 Å². The van der Waals surface area contributed by atoms with Gasteiger partial charge in [-0.2, -0.15) is 0 Å². The van der Waals surface area contributed by atoms with Gasteiger partial charge in [-0.15, -0.1) is 11.6 Å². The van der Waals surface area contributed by atoms with E-state index < -0.39 is 0 Å². The fourth-order valence-corrected chi connectivity index (χ4v) is 2.96. The van der Waals surface area contributed by atoms with E-state index in [0.717, 1.165) is 37.4 Å². The van der Waals surface area contributed by atoms with Crippen LogP contribution in [0.5, 0.6) is 0 Å². The predicted octanol–water partition coefficient (Wildman–Crippen LogP) is 3.59. The molecule has 1 fully saturated rings. The van der Waals surface area contributed by atoms with Gasteiger partial charge < -0.3 is 9.64 Å². The van der Waals surface area contributed by atoms with E-state index in [0.29, 0.717) is 11.9 Å². The van der Waals surface area contributed by atoms with Crippen LogP contribution in [-0.2, 0) is 10.6 Å². The maximum absolute atomic E-state index is 6.00. The highest BCUT2D eigenvalue weighted by atomic mass is 35.5. The molecule has 106 valence electrons. The van der Waals surface area contributed by atoms with Crippen molar-refractivity contribution in [3.05, 3.63) is 36.0 Å². The number of hydrogen-bond donors (Lipinski definition) is 0. The van der Waals surface area contributed by atoms with Gasteiger partial charge in [-0.1, -0.05) is 25.1 Å². The third-order valence-electron chi connectivity index (χ3n) is 3.89. The van der Waals surface area contributed by atoms with Crippen molar-refractivity contribution in [3.8, 4) is 0 Å². The summed E-state index contributed by atoms with van der Waals surface area (Å²) in [6.45, 7) is 4.71. The molecule has 0 N–H and O–H groups in total. The minimum absolute atomic E-state index is 0.428. The highest BCUT2D eigenvalue weighted by Gasteiger charge is 2.23. The van der Waals surface area contributed by atoms with Crippen LogP contribution in [0.15, 0.2) is 30.3 Å². The first-order valence-corrected chi connectivity index (χ1v) is 7.66. The summed E-state index contributed by atoms with van der Waals surface area (Å²) in [4.78, 5) is 7.06. The van der Waals surface area contributed by atoms with E-state index in [1.165, 1.54) is 11.1 Å². The molecule has 1 aromatic carbocycles. The molecule has 0 spiro atoms. The van der Waals surface area contributed by atoms with E-state index >= 15 is 0 Å². The van der Waals surface area contributed by atoms with Gasteiger partial charge in [0.25, 0.3) is 0 Å². The number of hydrogen-bond acceptors (Lipinski definition) is 3. The Kier molecular flexibility index (Phi) is 4.08. The summed E-state index contributed by atoms with van der Waals surface area (Å²) in [5, 5.41) is 1.20. The third kappa shape index (κ3) is 2.48. The zero-order valence-corrected chi connectivity index (χ0v) is 12.4. The van der Waals surface area contributed by atoms with Gasteiger partial charge in [0.15, 0.2) is 0 Å². The Morgan fingerprint density at radius 1 is 1.40 bits per heavy atom. The van der Waals surface area contributed by atoms with Gasteiger partial charge in [-0.25, -0.2) is 0 Å². The van der Waals surface area contributed by atoms with Crippen LogP contribution in [0.3, 0.4) is 0 Å². The number of benzene rings is 1. The number of aromatic nitrogens is 1. The zero-order chi connectivity index (χ0) is 13.9. The Hall–Kier alpha value is -1.32. The second kappa shape index (κ2) is 5.98.